The molecule has 0 saturated carbocycles. The van der Waals surface area contributed by atoms with Gasteiger partial charge in [-0.25, -0.2) is 15.0 Å². The van der Waals surface area contributed by atoms with Crippen LogP contribution in [0.2, 0.25) is 0 Å². The van der Waals surface area contributed by atoms with E-state index >= 15 is 0 Å². The zero-order valence-electron chi connectivity index (χ0n) is 21.5. The molecule has 0 aliphatic heterocycles. The van der Waals surface area contributed by atoms with Gasteiger partial charge in [0, 0.05) is 10.9 Å². The lowest BCUT2D eigenvalue weighted by Gasteiger charge is -2.08. The van der Waals surface area contributed by atoms with Gasteiger partial charge in [-0.2, -0.15) is 5.10 Å². The van der Waals surface area contributed by atoms with Gasteiger partial charge in [0.05, 0.1) is 22.8 Å². The van der Waals surface area contributed by atoms with Crippen molar-refractivity contribution < 1.29 is 33.6 Å². The van der Waals surface area contributed by atoms with Gasteiger partial charge in [-0.1, -0.05) is 12.1 Å². The summed E-state index contributed by atoms with van der Waals surface area (Å²) in [5.74, 6) is -3.30. The number of hydrazone groups is 1. The van der Waals surface area contributed by atoms with Crippen LogP contribution in [0.5, 0.6) is 5.75 Å². The maximum atomic E-state index is 12.5. The Hall–Kier alpha value is -4.91. The van der Waals surface area contributed by atoms with Crippen LogP contribution in [-0.2, 0) is 27.2 Å². The zero-order valence-corrected chi connectivity index (χ0v) is 22.3. The molecule has 1 aliphatic rings. The van der Waals surface area contributed by atoms with Gasteiger partial charge in [-0.05, 0) is 74.6 Å². The Morgan fingerprint density at radius 2 is 1.75 bits per heavy atom. The Balaban J connectivity index is 1.38. The predicted octanol–water partition coefficient (Wildman–Crippen LogP) is 4.02. The number of para-hydroxylation sites is 1. The van der Waals surface area contributed by atoms with E-state index < -0.39 is 28.7 Å². The predicted molar refractivity (Wildman–Crippen MR) is 146 cm³/mol. The molecule has 0 bridgehead atoms. The molecule has 2 aromatic carbocycles. The number of hydrogen-bond donors (Lipinski definition) is 2. The van der Waals surface area contributed by atoms with Crippen LogP contribution in [0.3, 0.4) is 0 Å². The first kappa shape index (κ1) is 28.1. The third kappa shape index (κ3) is 6.21. The number of hydrogen-bond acceptors (Lipinski definition) is 10. The molecule has 1 aromatic heterocycles. The van der Waals surface area contributed by atoms with Crippen LogP contribution in [-0.4, -0.2) is 41.0 Å². The monoisotopic (exact) mass is 564 g/mol. The van der Waals surface area contributed by atoms with E-state index in [0.717, 1.165) is 23.3 Å². The summed E-state index contributed by atoms with van der Waals surface area (Å²) in [7, 11) is 0. The molecule has 0 unspecified atom stereocenters. The van der Waals surface area contributed by atoms with Crippen molar-refractivity contribution in [2.75, 3.05) is 11.9 Å². The third-order valence-corrected chi connectivity index (χ3v) is 7.17. The minimum Gasteiger partial charge on any atom is -0.462 e. The average Bonchev–Trinajstić information content (AvgIpc) is 3.52. The summed E-state index contributed by atoms with van der Waals surface area (Å²) >= 11 is 1.26. The number of thiophene rings is 1. The van der Waals surface area contributed by atoms with Gasteiger partial charge >= 0.3 is 23.8 Å². The van der Waals surface area contributed by atoms with E-state index in [1.54, 1.807) is 26.0 Å². The summed E-state index contributed by atoms with van der Waals surface area (Å²) in [5, 5.41) is 17.9. The first-order valence-corrected chi connectivity index (χ1v) is 13.0. The maximum Gasteiger partial charge on any atom is 0.350 e. The smallest absolute Gasteiger partial charge is 0.350 e. The minimum atomic E-state index is -1.03. The van der Waals surface area contributed by atoms with Gasteiger partial charge in [-0.15, -0.1) is 11.3 Å². The number of rotatable bonds is 8. The Labute approximate surface area is 232 Å². The molecule has 13 heteroatoms. The lowest BCUT2D eigenvalue weighted by Crippen LogP contribution is -2.33. The molecule has 0 saturated heterocycles. The number of nitrogens with one attached hydrogen (secondary N) is 2. The summed E-state index contributed by atoms with van der Waals surface area (Å²) < 4.78 is 10.4. The second-order valence-electron chi connectivity index (χ2n) is 8.56. The van der Waals surface area contributed by atoms with Gasteiger partial charge in [-0.3, -0.25) is 19.7 Å². The van der Waals surface area contributed by atoms with E-state index in [0.29, 0.717) is 23.3 Å². The Morgan fingerprint density at radius 1 is 1.02 bits per heavy atom. The van der Waals surface area contributed by atoms with E-state index in [2.05, 4.69) is 15.8 Å². The topological polar surface area (TPSA) is 166 Å². The van der Waals surface area contributed by atoms with Crippen LogP contribution in [0.25, 0.3) is 0 Å². The molecule has 3 aromatic rings. The number of amides is 2. The van der Waals surface area contributed by atoms with Crippen molar-refractivity contribution in [2.24, 2.45) is 5.10 Å². The van der Waals surface area contributed by atoms with Gasteiger partial charge in [0.2, 0.25) is 0 Å². The fourth-order valence-corrected chi connectivity index (χ4v) is 5.33. The van der Waals surface area contributed by atoms with Crippen LogP contribution in [0, 0.1) is 10.1 Å². The van der Waals surface area contributed by atoms with Crippen molar-refractivity contribution in [2.45, 2.75) is 33.1 Å². The molecule has 2 N–H and O–H groups in total. The minimum absolute atomic E-state index is 0.142. The lowest BCUT2D eigenvalue weighted by molar-refractivity contribution is -0.385. The molecule has 12 nitrogen and oxygen atoms in total. The summed E-state index contributed by atoms with van der Waals surface area (Å²) in [6, 6.07) is 11.5. The molecule has 4 rings (SSSR count). The van der Waals surface area contributed by atoms with Crippen molar-refractivity contribution in [3.8, 4) is 5.75 Å². The number of aryl methyl sites for hydroxylation is 1. The van der Waals surface area contributed by atoms with Crippen LogP contribution in [0.4, 0.5) is 10.7 Å². The second kappa shape index (κ2) is 12.3. The normalized spacial score (nSPS) is 12.3. The fourth-order valence-electron chi connectivity index (χ4n) is 4.05. The third-order valence-electron chi connectivity index (χ3n) is 5.96. The van der Waals surface area contributed by atoms with Gasteiger partial charge < -0.3 is 14.8 Å². The number of nitrogens with zero attached hydrogens (tertiary/aromatic N) is 2. The molecule has 206 valence electrons. The number of ether oxygens (including phenoxy) is 2. The summed E-state index contributed by atoms with van der Waals surface area (Å²) in [6.07, 6.45) is 2.41. The number of fused-ring (bicyclic) bond motifs is 1. The van der Waals surface area contributed by atoms with Crippen LogP contribution >= 0.6 is 11.3 Å². The number of carbonyl (C=O) groups is 4. The first-order chi connectivity index (χ1) is 19.2. The Morgan fingerprint density at radius 3 is 2.45 bits per heavy atom. The lowest BCUT2D eigenvalue weighted by atomic mass is 10.1. The summed E-state index contributed by atoms with van der Waals surface area (Å²) in [6.45, 7) is 3.47. The van der Waals surface area contributed by atoms with Gasteiger partial charge in [0.25, 0.3) is 5.69 Å². The highest BCUT2D eigenvalue weighted by molar-refractivity contribution is 7.17. The number of nitro benzene ring substituents is 1. The Kier molecular flexibility index (Phi) is 8.64. The quantitative estimate of drug-likeness (QED) is 0.103. The van der Waals surface area contributed by atoms with Crippen LogP contribution in [0.1, 0.15) is 57.0 Å². The highest BCUT2D eigenvalue weighted by Gasteiger charge is 2.29. The molecule has 0 radical (unpaired) electrons. The average molecular weight is 565 g/mol. The van der Waals surface area contributed by atoms with Crippen molar-refractivity contribution in [1.82, 2.24) is 5.43 Å². The molecule has 0 spiro atoms. The van der Waals surface area contributed by atoms with Gasteiger partial charge in [0.15, 0.2) is 0 Å². The first-order valence-electron chi connectivity index (χ1n) is 12.2. The number of benzene rings is 2. The number of anilines is 1. The van der Waals surface area contributed by atoms with E-state index in [-0.39, 0.29) is 28.6 Å². The molecule has 2 amide bonds. The fraction of sp³-hybridized carbons (Fsp3) is 0.222. The maximum absolute atomic E-state index is 12.5. The number of esters is 2. The van der Waals surface area contributed by atoms with Crippen molar-refractivity contribution in [1.29, 1.82) is 0 Å². The molecule has 40 heavy (non-hydrogen) atoms. The second-order valence-corrected chi connectivity index (χ2v) is 9.67. The van der Waals surface area contributed by atoms with E-state index in [1.165, 1.54) is 47.7 Å². The van der Waals surface area contributed by atoms with Crippen molar-refractivity contribution >= 4 is 51.5 Å². The standard InChI is InChI=1S/C27H24N4O8S/c1-3-38-27(35)22-19-8-6-10-21(19)40-25(22)28-23(32)24(33)30-29-15(2)16-11-13-17(14-12-16)39-26(34)18-7-4-5-9-20(18)31(36)37/h4-5,7,9,11-14H,3,6,8,10H2,1-2H3,(H,28,32)(H,30,33)/b29-15+. The molecule has 0 atom stereocenters. The molecular formula is C27H24N4O8S. The zero-order chi connectivity index (χ0) is 28.8. The molecule has 1 heterocycles. The van der Waals surface area contributed by atoms with Crippen molar-refractivity contribution in [3.63, 3.8) is 0 Å². The van der Waals surface area contributed by atoms with Crippen molar-refractivity contribution in [3.05, 3.63) is 85.8 Å². The summed E-state index contributed by atoms with van der Waals surface area (Å²) in [5.41, 5.74) is 3.67. The van der Waals surface area contributed by atoms with E-state index in [1.807, 2.05) is 0 Å². The Bertz CT molecular complexity index is 1530. The molecule has 0 fully saturated rings. The number of nitro groups is 1. The SMILES string of the molecule is CCOC(=O)c1c(NC(=O)C(=O)N/N=C(\C)c2ccc(OC(=O)c3ccccc3[N+](=O)[O-])cc2)sc2c1CCC2. The molecular weight excluding hydrogens is 540 g/mol. The number of carbonyl (C=O) groups excluding carboxylic acids is 4. The van der Waals surface area contributed by atoms with Gasteiger partial charge in [0.1, 0.15) is 16.3 Å². The van der Waals surface area contributed by atoms with Crippen LogP contribution in [0.15, 0.2) is 53.6 Å². The summed E-state index contributed by atoms with van der Waals surface area (Å²) in [4.78, 5) is 61.3. The highest BCUT2D eigenvalue weighted by atomic mass is 32.1. The van der Waals surface area contributed by atoms with E-state index in [4.69, 9.17) is 9.47 Å². The highest BCUT2D eigenvalue weighted by Crippen LogP contribution is 2.39. The largest absolute Gasteiger partial charge is 0.462 e. The molecule has 1 aliphatic carbocycles. The van der Waals surface area contributed by atoms with Crippen LogP contribution < -0.4 is 15.5 Å². The van der Waals surface area contributed by atoms with E-state index in [9.17, 15) is 29.3 Å².